The van der Waals surface area contributed by atoms with Gasteiger partial charge in [0.25, 0.3) is 11.6 Å². The topological polar surface area (TPSA) is 114 Å². The predicted octanol–water partition coefficient (Wildman–Crippen LogP) is 2.22. The molecule has 0 aliphatic carbocycles. The van der Waals surface area contributed by atoms with Gasteiger partial charge in [0.1, 0.15) is 11.4 Å². The molecule has 8 nitrogen and oxygen atoms in total. The second-order valence-corrected chi connectivity index (χ2v) is 5.53. The fourth-order valence-corrected chi connectivity index (χ4v) is 2.68. The van der Waals surface area contributed by atoms with E-state index in [1.165, 1.54) is 46.6 Å². The van der Waals surface area contributed by atoms with Crippen molar-refractivity contribution in [3.8, 4) is 0 Å². The zero-order valence-corrected chi connectivity index (χ0v) is 13.2. The molecule has 0 aliphatic heterocycles. The molecule has 132 valence electrons. The van der Waals surface area contributed by atoms with Gasteiger partial charge in [-0.05, 0) is 23.8 Å². The number of aromatic nitrogens is 1. The maximum absolute atomic E-state index is 13.4. The molecule has 3 aromatic rings. The van der Waals surface area contributed by atoms with Crippen molar-refractivity contribution in [1.82, 2.24) is 10.0 Å². The molecule has 1 aromatic heterocycles. The standard InChI is InChI=1S/C17H12FN3O5/c18-11-3-1-2-10(6-11)8-20-9-14(17(23)19-24)16(22)13-7-12(21(25)26)4-5-15(13)20/h1-7,9,24H,8H2,(H,19,23). The van der Waals surface area contributed by atoms with E-state index in [0.29, 0.717) is 11.1 Å². The monoisotopic (exact) mass is 357 g/mol. The number of amides is 1. The Balaban J connectivity index is 2.26. The number of nitrogens with zero attached hydrogens (tertiary/aromatic N) is 2. The summed E-state index contributed by atoms with van der Waals surface area (Å²) in [5.74, 6) is -1.49. The molecule has 26 heavy (non-hydrogen) atoms. The van der Waals surface area contributed by atoms with Crippen LogP contribution in [-0.2, 0) is 6.54 Å². The number of nitro benzene ring substituents is 1. The number of fused-ring (bicyclic) bond motifs is 1. The van der Waals surface area contributed by atoms with Crippen molar-refractivity contribution in [2.24, 2.45) is 0 Å². The first kappa shape index (κ1) is 17.2. The van der Waals surface area contributed by atoms with Crippen LogP contribution in [0, 0.1) is 15.9 Å². The number of nitro groups is 1. The van der Waals surface area contributed by atoms with Gasteiger partial charge in [-0.1, -0.05) is 12.1 Å². The minimum atomic E-state index is -1.05. The third-order valence-electron chi connectivity index (χ3n) is 3.86. The number of hydroxylamine groups is 1. The van der Waals surface area contributed by atoms with Gasteiger partial charge in [0.2, 0.25) is 5.43 Å². The number of pyridine rings is 1. The van der Waals surface area contributed by atoms with E-state index < -0.39 is 27.6 Å². The van der Waals surface area contributed by atoms with Crippen molar-refractivity contribution < 1.29 is 19.3 Å². The Morgan fingerprint density at radius 2 is 2.04 bits per heavy atom. The van der Waals surface area contributed by atoms with Crippen LogP contribution in [0.1, 0.15) is 15.9 Å². The Bertz CT molecular complexity index is 1090. The van der Waals surface area contributed by atoms with Crippen molar-refractivity contribution in [3.63, 3.8) is 0 Å². The van der Waals surface area contributed by atoms with Crippen LogP contribution in [0.25, 0.3) is 10.9 Å². The largest absolute Gasteiger partial charge is 0.342 e. The molecule has 0 unspecified atom stereocenters. The average Bonchev–Trinajstić information content (AvgIpc) is 2.63. The van der Waals surface area contributed by atoms with Crippen LogP contribution in [0.3, 0.4) is 0 Å². The number of nitrogens with one attached hydrogen (secondary N) is 1. The number of benzene rings is 2. The van der Waals surface area contributed by atoms with E-state index in [1.807, 2.05) is 0 Å². The van der Waals surface area contributed by atoms with Gasteiger partial charge < -0.3 is 4.57 Å². The average molecular weight is 357 g/mol. The molecule has 2 N–H and O–H groups in total. The summed E-state index contributed by atoms with van der Waals surface area (Å²) >= 11 is 0. The highest BCUT2D eigenvalue weighted by atomic mass is 19.1. The molecule has 0 saturated carbocycles. The zero-order valence-electron chi connectivity index (χ0n) is 13.2. The third-order valence-corrected chi connectivity index (χ3v) is 3.86. The van der Waals surface area contributed by atoms with Gasteiger partial charge in [-0.15, -0.1) is 0 Å². The molecule has 9 heteroatoms. The smallest absolute Gasteiger partial charge is 0.280 e. The summed E-state index contributed by atoms with van der Waals surface area (Å²) in [6, 6.07) is 9.42. The van der Waals surface area contributed by atoms with Gasteiger partial charge in [0.15, 0.2) is 0 Å². The SMILES string of the molecule is O=C(NO)c1cn(Cc2cccc(F)c2)c2ccc([N+](=O)[O-])cc2c1=O. The van der Waals surface area contributed by atoms with Crippen LogP contribution in [0.2, 0.25) is 0 Å². The van der Waals surface area contributed by atoms with Gasteiger partial charge in [-0.25, -0.2) is 9.87 Å². The van der Waals surface area contributed by atoms with Crippen LogP contribution in [0.4, 0.5) is 10.1 Å². The van der Waals surface area contributed by atoms with Crippen molar-refractivity contribution in [1.29, 1.82) is 0 Å². The van der Waals surface area contributed by atoms with Crippen molar-refractivity contribution in [2.45, 2.75) is 6.54 Å². The van der Waals surface area contributed by atoms with Crippen molar-refractivity contribution in [2.75, 3.05) is 0 Å². The Morgan fingerprint density at radius 3 is 2.69 bits per heavy atom. The molecule has 0 bridgehead atoms. The van der Waals surface area contributed by atoms with Crippen LogP contribution >= 0.6 is 0 Å². The maximum atomic E-state index is 13.4. The predicted molar refractivity (Wildman–Crippen MR) is 89.6 cm³/mol. The summed E-state index contributed by atoms with van der Waals surface area (Å²) in [5, 5.41) is 19.8. The summed E-state index contributed by atoms with van der Waals surface area (Å²) in [5.41, 5.74) is 0.808. The van der Waals surface area contributed by atoms with E-state index >= 15 is 0 Å². The lowest BCUT2D eigenvalue weighted by atomic mass is 10.1. The summed E-state index contributed by atoms with van der Waals surface area (Å²) < 4.78 is 14.9. The lowest BCUT2D eigenvalue weighted by Gasteiger charge is -2.13. The van der Waals surface area contributed by atoms with Crippen LogP contribution < -0.4 is 10.9 Å². The molecule has 1 amide bonds. The minimum absolute atomic E-state index is 0.0586. The summed E-state index contributed by atoms with van der Waals surface area (Å²) in [4.78, 5) is 34.6. The Hall–Kier alpha value is -3.59. The van der Waals surface area contributed by atoms with E-state index in [1.54, 1.807) is 6.07 Å². The van der Waals surface area contributed by atoms with E-state index in [4.69, 9.17) is 5.21 Å². The Labute approximate surface area is 145 Å². The number of rotatable bonds is 4. The van der Waals surface area contributed by atoms with Gasteiger partial charge in [0.05, 0.1) is 15.8 Å². The van der Waals surface area contributed by atoms with E-state index in [-0.39, 0.29) is 17.6 Å². The second kappa shape index (κ2) is 6.73. The normalized spacial score (nSPS) is 10.7. The first-order valence-corrected chi connectivity index (χ1v) is 7.41. The highest BCUT2D eigenvalue weighted by Crippen LogP contribution is 2.20. The molecule has 0 aliphatic rings. The summed E-state index contributed by atoms with van der Waals surface area (Å²) in [7, 11) is 0. The van der Waals surface area contributed by atoms with Gasteiger partial charge in [-0.2, -0.15) is 0 Å². The lowest BCUT2D eigenvalue weighted by Crippen LogP contribution is -2.27. The van der Waals surface area contributed by atoms with Crippen molar-refractivity contribution in [3.05, 3.63) is 85.9 Å². The third kappa shape index (κ3) is 3.15. The number of hydrogen-bond donors (Lipinski definition) is 2. The summed E-state index contributed by atoms with van der Waals surface area (Å²) in [6.45, 7) is 0.109. The van der Waals surface area contributed by atoms with Crippen LogP contribution in [-0.4, -0.2) is 20.6 Å². The Morgan fingerprint density at radius 1 is 1.27 bits per heavy atom. The van der Waals surface area contributed by atoms with Crippen LogP contribution in [0.15, 0.2) is 53.5 Å². The first-order valence-electron chi connectivity index (χ1n) is 7.41. The van der Waals surface area contributed by atoms with E-state index in [0.717, 1.165) is 6.07 Å². The molecule has 3 rings (SSSR count). The number of carbonyl (C=O) groups is 1. The number of halogens is 1. The quantitative estimate of drug-likeness (QED) is 0.422. The fourth-order valence-electron chi connectivity index (χ4n) is 2.68. The second-order valence-electron chi connectivity index (χ2n) is 5.53. The molecule has 0 atom stereocenters. The number of non-ortho nitro benzene ring substituents is 1. The van der Waals surface area contributed by atoms with E-state index in [9.17, 15) is 24.1 Å². The fraction of sp³-hybridized carbons (Fsp3) is 0.0588. The van der Waals surface area contributed by atoms with E-state index in [2.05, 4.69) is 0 Å². The highest BCUT2D eigenvalue weighted by molar-refractivity contribution is 5.97. The minimum Gasteiger partial charge on any atom is -0.342 e. The maximum Gasteiger partial charge on any atom is 0.280 e. The van der Waals surface area contributed by atoms with Gasteiger partial charge in [0, 0.05) is 24.9 Å². The Kier molecular flexibility index (Phi) is 4.46. The van der Waals surface area contributed by atoms with Crippen LogP contribution in [0.5, 0.6) is 0 Å². The number of hydrogen-bond acceptors (Lipinski definition) is 5. The molecule has 0 saturated heterocycles. The molecular formula is C17H12FN3O5. The van der Waals surface area contributed by atoms with Gasteiger partial charge in [-0.3, -0.25) is 24.9 Å². The highest BCUT2D eigenvalue weighted by Gasteiger charge is 2.18. The molecule has 0 spiro atoms. The molecule has 1 heterocycles. The number of carbonyl (C=O) groups excluding carboxylic acids is 1. The van der Waals surface area contributed by atoms with Crippen molar-refractivity contribution >= 4 is 22.5 Å². The lowest BCUT2D eigenvalue weighted by molar-refractivity contribution is -0.384. The zero-order chi connectivity index (χ0) is 18.8. The molecule has 0 fully saturated rings. The molecule has 0 radical (unpaired) electrons. The summed E-state index contributed by atoms with van der Waals surface area (Å²) in [6.07, 6.45) is 1.22. The molecule has 2 aromatic carbocycles. The first-order chi connectivity index (χ1) is 12.4. The van der Waals surface area contributed by atoms with Gasteiger partial charge >= 0.3 is 0 Å². The molecular weight excluding hydrogens is 345 g/mol.